The maximum Gasteiger partial charge on any atom is 0.269 e. The van der Waals surface area contributed by atoms with E-state index in [-0.39, 0.29) is 18.2 Å². The van der Waals surface area contributed by atoms with Gasteiger partial charge < -0.3 is 10.1 Å². The van der Waals surface area contributed by atoms with Gasteiger partial charge in [0.15, 0.2) is 6.61 Å². The van der Waals surface area contributed by atoms with Crippen molar-refractivity contribution in [2.45, 2.75) is 26.2 Å². The largest absolute Gasteiger partial charge is 0.484 e. The first-order valence-electron chi connectivity index (χ1n) is 8.19. The fourth-order valence-corrected chi connectivity index (χ4v) is 4.31. The van der Waals surface area contributed by atoms with E-state index in [1.54, 1.807) is 0 Å². The van der Waals surface area contributed by atoms with Crippen LogP contribution in [0.15, 0.2) is 24.3 Å². The summed E-state index contributed by atoms with van der Waals surface area (Å²) < 4.78 is 5.35. The van der Waals surface area contributed by atoms with E-state index < -0.39 is 4.92 Å². The summed E-state index contributed by atoms with van der Waals surface area (Å²) in [6.45, 7) is 1.95. The van der Waals surface area contributed by atoms with Gasteiger partial charge in [-0.05, 0) is 42.9 Å². The van der Waals surface area contributed by atoms with Crippen LogP contribution in [0.3, 0.4) is 0 Å². The minimum absolute atomic E-state index is 0.0427. The average Bonchev–Trinajstić information content (AvgIpc) is 2.96. The molecule has 1 aromatic carbocycles. The molecule has 1 N–H and O–H groups in total. The number of nitro groups is 1. The lowest BCUT2D eigenvalue weighted by Gasteiger charge is -2.17. The molecule has 0 radical (unpaired) electrons. The molecule has 0 saturated carbocycles. The van der Waals surface area contributed by atoms with Gasteiger partial charge in [0.25, 0.3) is 11.6 Å². The number of non-ortho nitro benzene ring substituents is 1. The summed E-state index contributed by atoms with van der Waals surface area (Å²) in [5.41, 5.74) is 1.57. The van der Waals surface area contributed by atoms with Crippen molar-refractivity contribution in [3.05, 3.63) is 50.4 Å². The highest BCUT2D eigenvalue weighted by atomic mass is 32.1. The minimum atomic E-state index is -0.501. The molecule has 2 aromatic rings. The van der Waals surface area contributed by atoms with Crippen LogP contribution in [0, 0.1) is 27.4 Å². The quantitative estimate of drug-likeness (QED) is 0.638. The van der Waals surface area contributed by atoms with Gasteiger partial charge in [-0.1, -0.05) is 6.92 Å². The number of nitriles is 1. The number of fused-ring (bicyclic) bond motifs is 1. The standard InChI is InChI=1S/C18H17N3O4S/c1-11-2-7-14-15(9-19)18(26-16(14)8-11)20-17(22)10-25-13-5-3-12(4-6-13)21(23)24/h3-6,11H,2,7-8,10H2,1H3,(H,20,22)/t11-/m1/s1. The van der Waals surface area contributed by atoms with Crippen LogP contribution in [0.25, 0.3) is 0 Å². The third-order valence-corrected chi connectivity index (χ3v) is 5.46. The molecule has 1 amide bonds. The van der Waals surface area contributed by atoms with Gasteiger partial charge in [0.1, 0.15) is 16.8 Å². The van der Waals surface area contributed by atoms with E-state index in [0.29, 0.717) is 22.2 Å². The van der Waals surface area contributed by atoms with Crippen LogP contribution >= 0.6 is 11.3 Å². The zero-order valence-electron chi connectivity index (χ0n) is 14.2. The molecule has 3 rings (SSSR count). The zero-order valence-corrected chi connectivity index (χ0v) is 15.0. The number of hydrogen-bond acceptors (Lipinski definition) is 6. The van der Waals surface area contributed by atoms with Crippen molar-refractivity contribution >= 4 is 27.9 Å². The molecule has 0 bridgehead atoms. The van der Waals surface area contributed by atoms with Gasteiger partial charge in [-0.15, -0.1) is 11.3 Å². The van der Waals surface area contributed by atoms with Crippen molar-refractivity contribution in [2.24, 2.45) is 5.92 Å². The molecule has 0 unspecified atom stereocenters. The van der Waals surface area contributed by atoms with Gasteiger partial charge in [0.05, 0.1) is 10.5 Å². The Labute approximate surface area is 154 Å². The third-order valence-electron chi connectivity index (χ3n) is 4.29. The highest BCUT2D eigenvalue weighted by molar-refractivity contribution is 7.16. The molecular weight excluding hydrogens is 354 g/mol. The maximum atomic E-state index is 12.2. The van der Waals surface area contributed by atoms with Crippen molar-refractivity contribution in [3.63, 3.8) is 0 Å². The van der Waals surface area contributed by atoms with Crippen molar-refractivity contribution < 1.29 is 14.5 Å². The monoisotopic (exact) mass is 371 g/mol. The van der Waals surface area contributed by atoms with Crippen LogP contribution in [-0.4, -0.2) is 17.4 Å². The van der Waals surface area contributed by atoms with Crippen LogP contribution < -0.4 is 10.1 Å². The highest BCUT2D eigenvalue weighted by Gasteiger charge is 2.24. The molecule has 134 valence electrons. The van der Waals surface area contributed by atoms with E-state index in [1.165, 1.54) is 40.5 Å². The lowest BCUT2D eigenvalue weighted by Crippen LogP contribution is -2.20. The Bertz CT molecular complexity index is 883. The number of thiophene rings is 1. The number of hydrogen-bond donors (Lipinski definition) is 1. The number of carbonyl (C=O) groups is 1. The number of anilines is 1. The highest BCUT2D eigenvalue weighted by Crippen LogP contribution is 2.39. The lowest BCUT2D eigenvalue weighted by atomic mass is 9.89. The smallest absolute Gasteiger partial charge is 0.269 e. The summed E-state index contributed by atoms with van der Waals surface area (Å²) in [6, 6.07) is 7.72. The predicted octanol–water partition coefficient (Wildman–Crippen LogP) is 3.67. The van der Waals surface area contributed by atoms with Gasteiger partial charge in [-0.25, -0.2) is 0 Å². The summed E-state index contributed by atoms with van der Waals surface area (Å²) in [5.74, 6) is 0.582. The van der Waals surface area contributed by atoms with Gasteiger partial charge in [-0.3, -0.25) is 14.9 Å². The fraction of sp³-hybridized carbons (Fsp3) is 0.333. The Morgan fingerprint density at radius 1 is 1.46 bits per heavy atom. The summed E-state index contributed by atoms with van der Waals surface area (Å²) in [6.07, 6.45) is 2.85. The predicted molar refractivity (Wildman–Crippen MR) is 97.4 cm³/mol. The second kappa shape index (κ2) is 7.54. The molecule has 0 spiro atoms. The summed E-state index contributed by atoms with van der Waals surface area (Å²) in [7, 11) is 0. The molecule has 26 heavy (non-hydrogen) atoms. The second-order valence-corrected chi connectivity index (χ2v) is 7.36. The molecule has 0 saturated heterocycles. The van der Waals surface area contributed by atoms with Crippen LogP contribution in [-0.2, 0) is 17.6 Å². The molecule has 0 aliphatic heterocycles. The van der Waals surface area contributed by atoms with Crippen LogP contribution in [0.1, 0.15) is 29.3 Å². The van der Waals surface area contributed by atoms with Gasteiger partial charge in [-0.2, -0.15) is 5.26 Å². The topological polar surface area (TPSA) is 105 Å². The first-order chi connectivity index (χ1) is 12.5. The van der Waals surface area contributed by atoms with E-state index in [4.69, 9.17) is 4.74 Å². The van der Waals surface area contributed by atoms with Crippen LogP contribution in [0.4, 0.5) is 10.7 Å². The van der Waals surface area contributed by atoms with Crippen molar-refractivity contribution in [3.8, 4) is 11.8 Å². The van der Waals surface area contributed by atoms with Crippen molar-refractivity contribution in [2.75, 3.05) is 11.9 Å². The number of ether oxygens (including phenoxy) is 1. The minimum Gasteiger partial charge on any atom is -0.484 e. The Morgan fingerprint density at radius 3 is 2.85 bits per heavy atom. The Hall–Kier alpha value is -2.92. The Morgan fingerprint density at radius 2 is 2.19 bits per heavy atom. The van der Waals surface area contributed by atoms with Crippen LogP contribution in [0.5, 0.6) is 5.75 Å². The molecule has 1 atom stereocenters. The van der Waals surface area contributed by atoms with E-state index in [1.807, 2.05) is 0 Å². The van der Waals surface area contributed by atoms with Crippen LogP contribution in [0.2, 0.25) is 0 Å². The molecule has 0 fully saturated rings. The SMILES string of the molecule is C[C@@H]1CCc2c(sc(NC(=O)COc3ccc([N+](=O)[O-])cc3)c2C#N)C1. The summed E-state index contributed by atoms with van der Waals surface area (Å²) in [4.78, 5) is 23.5. The zero-order chi connectivity index (χ0) is 18.7. The Balaban J connectivity index is 1.63. The maximum absolute atomic E-state index is 12.2. The fourth-order valence-electron chi connectivity index (χ4n) is 2.93. The van der Waals surface area contributed by atoms with Gasteiger partial charge in [0, 0.05) is 17.0 Å². The molecule has 1 aliphatic carbocycles. The first kappa shape index (κ1) is 17.9. The number of amides is 1. The number of nitrogens with one attached hydrogen (secondary N) is 1. The number of nitro benzene ring substituents is 1. The number of carbonyl (C=O) groups excluding carboxylic acids is 1. The third kappa shape index (κ3) is 3.83. The Kier molecular flexibility index (Phi) is 5.19. The molecule has 1 aliphatic rings. The van der Waals surface area contributed by atoms with E-state index >= 15 is 0 Å². The van der Waals surface area contributed by atoms with E-state index in [0.717, 1.165) is 24.8 Å². The number of rotatable bonds is 5. The van der Waals surface area contributed by atoms with E-state index in [2.05, 4.69) is 18.3 Å². The molecule has 8 heteroatoms. The van der Waals surface area contributed by atoms with Gasteiger partial charge >= 0.3 is 0 Å². The molecule has 1 heterocycles. The number of benzene rings is 1. The lowest BCUT2D eigenvalue weighted by molar-refractivity contribution is -0.384. The van der Waals surface area contributed by atoms with Crippen molar-refractivity contribution in [1.82, 2.24) is 0 Å². The molecular formula is C18H17N3O4S. The summed E-state index contributed by atoms with van der Waals surface area (Å²) >= 11 is 1.46. The second-order valence-electron chi connectivity index (χ2n) is 6.26. The summed E-state index contributed by atoms with van der Waals surface area (Å²) in [5, 5.41) is 23.4. The average molecular weight is 371 g/mol. The number of nitrogens with zero attached hydrogens (tertiary/aromatic N) is 2. The normalized spacial score (nSPS) is 15.6. The van der Waals surface area contributed by atoms with Gasteiger partial charge in [0.2, 0.25) is 0 Å². The van der Waals surface area contributed by atoms with Crippen molar-refractivity contribution in [1.29, 1.82) is 5.26 Å². The first-order valence-corrected chi connectivity index (χ1v) is 9.01. The van der Waals surface area contributed by atoms with E-state index in [9.17, 15) is 20.2 Å². The molecule has 7 nitrogen and oxygen atoms in total. The molecule has 1 aromatic heterocycles.